The number of hydrogen-bond donors (Lipinski definition) is 2. The molecule has 5 nitrogen and oxygen atoms in total. The second kappa shape index (κ2) is 9.43. The summed E-state index contributed by atoms with van der Waals surface area (Å²) >= 11 is 0. The second-order valence-corrected chi connectivity index (χ2v) is 6.08. The van der Waals surface area contributed by atoms with Gasteiger partial charge in [-0.05, 0) is 62.2 Å². The number of nitrogens with one attached hydrogen (secondary N) is 2. The number of ketones is 1. The monoisotopic (exact) mass is 368 g/mol. The van der Waals surface area contributed by atoms with Crippen LogP contribution in [0.2, 0.25) is 0 Å². The third-order valence-corrected chi connectivity index (χ3v) is 3.88. The summed E-state index contributed by atoms with van der Waals surface area (Å²) in [6, 6.07) is 12.6. The molecule has 2 aromatic carbocycles. The average molecular weight is 368 g/mol. The molecule has 2 aromatic rings. The quantitative estimate of drug-likeness (QED) is 0.582. The predicted molar refractivity (Wildman–Crippen MR) is 102 cm³/mol. The Morgan fingerprint density at radius 3 is 2.19 bits per heavy atom. The number of benzene rings is 2. The third-order valence-electron chi connectivity index (χ3n) is 3.88. The molecule has 0 aromatic heterocycles. The molecule has 0 saturated carbocycles. The molecule has 2 rings (SSSR count). The number of halogens is 1. The van der Waals surface area contributed by atoms with E-state index >= 15 is 0 Å². The van der Waals surface area contributed by atoms with E-state index in [9.17, 15) is 18.8 Å². The molecule has 0 saturated heterocycles. The maximum absolute atomic E-state index is 12.8. The highest BCUT2D eigenvalue weighted by molar-refractivity contribution is 6.06. The molecule has 6 heteroatoms. The predicted octanol–water partition coefficient (Wildman–Crippen LogP) is 3.27. The molecule has 0 aliphatic carbocycles. The molecule has 0 radical (unpaired) electrons. The van der Waals surface area contributed by atoms with E-state index in [-0.39, 0.29) is 23.1 Å². The van der Waals surface area contributed by atoms with Crippen LogP contribution in [0, 0.1) is 5.82 Å². The van der Waals surface area contributed by atoms with Crippen LogP contribution in [0.3, 0.4) is 0 Å². The molecule has 0 aliphatic heterocycles. The zero-order chi connectivity index (χ0) is 19.8. The van der Waals surface area contributed by atoms with Gasteiger partial charge in [-0.2, -0.15) is 0 Å². The van der Waals surface area contributed by atoms with Gasteiger partial charge in [0.1, 0.15) is 5.82 Å². The summed E-state index contributed by atoms with van der Waals surface area (Å²) in [5.74, 6) is -1.14. The summed E-state index contributed by atoms with van der Waals surface area (Å²) < 4.78 is 12.8. The Bertz CT molecular complexity index is 856. The van der Waals surface area contributed by atoms with E-state index in [0.717, 1.165) is 5.56 Å². The summed E-state index contributed by atoms with van der Waals surface area (Å²) in [7, 11) is 0. The topological polar surface area (TPSA) is 75.3 Å². The lowest BCUT2D eigenvalue weighted by Crippen LogP contribution is -2.27. The fourth-order valence-corrected chi connectivity index (χ4v) is 2.34. The number of amides is 2. The van der Waals surface area contributed by atoms with Crippen LogP contribution in [0.15, 0.2) is 60.2 Å². The number of carbonyl (C=O) groups is 3. The highest BCUT2D eigenvalue weighted by Gasteiger charge is 2.07. The van der Waals surface area contributed by atoms with Crippen LogP contribution in [0.4, 0.5) is 10.1 Å². The van der Waals surface area contributed by atoms with Gasteiger partial charge >= 0.3 is 0 Å². The Kier molecular flexibility index (Phi) is 7.00. The van der Waals surface area contributed by atoms with Gasteiger partial charge in [0.05, 0.1) is 0 Å². The van der Waals surface area contributed by atoms with Crippen molar-refractivity contribution < 1.29 is 18.8 Å². The SMILES string of the molecule is CC(=O)c1ccc(NC(=O)/C=C(/C)C(=O)NCCc2ccc(F)cc2)cc1. The van der Waals surface area contributed by atoms with Crippen molar-refractivity contribution in [2.75, 3.05) is 11.9 Å². The van der Waals surface area contributed by atoms with Gasteiger partial charge in [0.2, 0.25) is 11.8 Å². The fraction of sp³-hybridized carbons (Fsp3) is 0.190. The summed E-state index contributed by atoms with van der Waals surface area (Å²) in [5.41, 5.74) is 2.27. The Morgan fingerprint density at radius 2 is 1.59 bits per heavy atom. The Hall–Kier alpha value is -3.28. The van der Waals surface area contributed by atoms with Gasteiger partial charge in [0.25, 0.3) is 0 Å². The standard InChI is InChI=1S/C21H21FN2O3/c1-14(21(27)23-12-11-16-3-7-18(22)8-4-16)13-20(26)24-19-9-5-17(6-10-19)15(2)25/h3-10,13H,11-12H2,1-2H3,(H,23,27)(H,24,26)/b14-13-. The second-order valence-electron chi connectivity index (χ2n) is 6.08. The maximum Gasteiger partial charge on any atom is 0.248 e. The molecule has 0 unspecified atom stereocenters. The molecule has 0 heterocycles. The lowest BCUT2D eigenvalue weighted by Gasteiger charge is -2.07. The number of Topliss-reactive ketones (excluding diaryl/α,β-unsaturated/α-hetero) is 1. The largest absolute Gasteiger partial charge is 0.352 e. The van der Waals surface area contributed by atoms with E-state index < -0.39 is 5.91 Å². The minimum Gasteiger partial charge on any atom is -0.352 e. The molecule has 2 N–H and O–H groups in total. The van der Waals surface area contributed by atoms with E-state index in [1.807, 2.05) is 0 Å². The van der Waals surface area contributed by atoms with E-state index in [0.29, 0.717) is 24.2 Å². The third kappa shape index (κ3) is 6.51. The van der Waals surface area contributed by atoms with Gasteiger partial charge in [-0.15, -0.1) is 0 Å². The lowest BCUT2D eigenvalue weighted by atomic mass is 10.1. The number of anilines is 1. The highest BCUT2D eigenvalue weighted by Crippen LogP contribution is 2.10. The highest BCUT2D eigenvalue weighted by atomic mass is 19.1. The fourth-order valence-electron chi connectivity index (χ4n) is 2.34. The summed E-state index contributed by atoms with van der Waals surface area (Å²) in [4.78, 5) is 35.3. The number of rotatable bonds is 7. The molecule has 140 valence electrons. The van der Waals surface area contributed by atoms with Crippen molar-refractivity contribution in [3.63, 3.8) is 0 Å². The van der Waals surface area contributed by atoms with Crippen LogP contribution in [0.5, 0.6) is 0 Å². The van der Waals surface area contributed by atoms with Crippen LogP contribution in [-0.4, -0.2) is 24.1 Å². The zero-order valence-corrected chi connectivity index (χ0v) is 15.2. The van der Waals surface area contributed by atoms with Crippen molar-refractivity contribution in [1.29, 1.82) is 0 Å². The first-order valence-corrected chi connectivity index (χ1v) is 8.48. The first-order chi connectivity index (χ1) is 12.8. The van der Waals surface area contributed by atoms with Gasteiger partial charge in [0, 0.05) is 29.4 Å². The van der Waals surface area contributed by atoms with Gasteiger partial charge in [-0.25, -0.2) is 4.39 Å². The van der Waals surface area contributed by atoms with Crippen molar-refractivity contribution in [3.05, 3.63) is 77.1 Å². The maximum atomic E-state index is 12.8. The first kappa shape index (κ1) is 20.0. The molecular weight excluding hydrogens is 347 g/mol. The number of hydrogen-bond acceptors (Lipinski definition) is 3. The van der Waals surface area contributed by atoms with Crippen LogP contribution >= 0.6 is 0 Å². The smallest absolute Gasteiger partial charge is 0.248 e. The van der Waals surface area contributed by atoms with Gasteiger partial charge in [0.15, 0.2) is 5.78 Å². The molecule has 2 amide bonds. The summed E-state index contributed by atoms with van der Waals surface area (Å²) in [6.07, 6.45) is 1.78. The van der Waals surface area contributed by atoms with Crippen molar-refractivity contribution in [1.82, 2.24) is 5.32 Å². The normalized spacial score (nSPS) is 11.0. The molecule has 27 heavy (non-hydrogen) atoms. The van der Waals surface area contributed by atoms with Crippen LogP contribution in [-0.2, 0) is 16.0 Å². The number of carbonyl (C=O) groups excluding carboxylic acids is 3. The molecule has 0 atom stereocenters. The van der Waals surface area contributed by atoms with Crippen molar-refractivity contribution >= 4 is 23.3 Å². The zero-order valence-electron chi connectivity index (χ0n) is 15.2. The van der Waals surface area contributed by atoms with Crippen LogP contribution in [0.25, 0.3) is 0 Å². The molecule has 0 spiro atoms. The molecule has 0 bridgehead atoms. The Labute approximate surface area is 157 Å². The molecular formula is C21H21FN2O3. The summed E-state index contributed by atoms with van der Waals surface area (Å²) in [6.45, 7) is 3.39. The first-order valence-electron chi connectivity index (χ1n) is 8.48. The molecule has 0 aliphatic rings. The van der Waals surface area contributed by atoms with Gasteiger partial charge in [-0.3, -0.25) is 14.4 Å². The van der Waals surface area contributed by atoms with E-state index in [1.165, 1.54) is 25.1 Å². The van der Waals surface area contributed by atoms with Crippen molar-refractivity contribution in [3.8, 4) is 0 Å². The lowest BCUT2D eigenvalue weighted by molar-refractivity contribution is -0.118. The molecule has 0 fully saturated rings. The van der Waals surface area contributed by atoms with E-state index in [2.05, 4.69) is 10.6 Å². The summed E-state index contributed by atoms with van der Waals surface area (Å²) in [5, 5.41) is 5.36. The minimum atomic E-state index is -0.434. The van der Waals surface area contributed by atoms with Gasteiger partial charge < -0.3 is 10.6 Å². The van der Waals surface area contributed by atoms with Crippen LogP contribution in [0.1, 0.15) is 29.8 Å². The average Bonchev–Trinajstić information content (AvgIpc) is 2.63. The van der Waals surface area contributed by atoms with E-state index in [4.69, 9.17) is 0 Å². The Balaban J connectivity index is 1.83. The van der Waals surface area contributed by atoms with Crippen molar-refractivity contribution in [2.45, 2.75) is 20.3 Å². The van der Waals surface area contributed by atoms with Crippen molar-refractivity contribution in [2.24, 2.45) is 0 Å². The minimum absolute atomic E-state index is 0.0547. The Morgan fingerprint density at radius 1 is 0.963 bits per heavy atom. The van der Waals surface area contributed by atoms with E-state index in [1.54, 1.807) is 43.3 Å². The van der Waals surface area contributed by atoms with Crippen LogP contribution < -0.4 is 10.6 Å². The van der Waals surface area contributed by atoms with Gasteiger partial charge in [-0.1, -0.05) is 12.1 Å².